The number of allylic oxidation sites excluding steroid dienone is 1. The first kappa shape index (κ1) is 12.6. The van der Waals surface area contributed by atoms with Crippen molar-refractivity contribution in [2.24, 2.45) is 0 Å². The van der Waals surface area contributed by atoms with Gasteiger partial charge in [-0.15, -0.1) is 0 Å². The molecule has 1 atom stereocenters. The highest BCUT2D eigenvalue weighted by Gasteiger charge is 2.28. The molecule has 0 unspecified atom stereocenters. The second kappa shape index (κ2) is 4.82. The van der Waals surface area contributed by atoms with E-state index in [1.165, 1.54) is 6.92 Å². The van der Waals surface area contributed by atoms with Crippen molar-refractivity contribution in [1.82, 2.24) is 10.6 Å². The molecule has 0 aliphatic carbocycles. The average molecular weight is 265 g/mol. The normalized spacial score (nSPS) is 19.3. The lowest BCUT2D eigenvalue weighted by Gasteiger charge is -2.28. The van der Waals surface area contributed by atoms with Crippen molar-refractivity contribution in [2.45, 2.75) is 19.9 Å². The first-order valence-corrected chi connectivity index (χ1v) is 5.91. The summed E-state index contributed by atoms with van der Waals surface area (Å²) in [5, 5.41) is 5.91. The lowest BCUT2D eigenvalue weighted by molar-refractivity contribution is -0.114. The Morgan fingerprint density at radius 1 is 1.39 bits per heavy atom. The van der Waals surface area contributed by atoms with Gasteiger partial charge in [0.05, 0.1) is 6.04 Å². The molecule has 5 heteroatoms. The van der Waals surface area contributed by atoms with E-state index in [0.717, 1.165) is 5.56 Å². The van der Waals surface area contributed by atoms with Gasteiger partial charge < -0.3 is 10.6 Å². The van der Waals surface area contributed by atoms with Crippen molar-refractivity contribution in [3.05, 3.63) is 46.1 Å². The molecule has 2 rings (SSSR count). The lowest BCUT2D eigenvalue weighted by atomic mass is 9.93. The molecule has 0 bridgehead atoms. The van der Waals surface area contributed by atoms with Gasteiger partial charge in [-0.3, -0.25) is 4.79 Å². The summed E-state index contributed by atoms with van der Waals surface area (Å²) in [6.45, 7) is 3.20. The fourth-order valence-corrected chi connectivity index (χ4v) is 2.30. The zero-order chi connectivity index (χ0) is 13.3. The predicted molar refractivity (Wildman–Crippen MR) is 69.2 cm³/mol. The Morgan fingerprint density at radius 3 is 2.72 bits per heavy atom. The summed E-state index contributed by atoms with van der Waals surface area (Å²) < 4.78 is 0. The Hall–Kier alpha value is -1.81. The Kier molecular flexibility index (Phi) is 3.39. The maximum atomic E-state index is 11.7. The monoisotopic (exact) mass is 264 g/mol. The fraction of sp³-hybridized carbons (Fsp3) is 0.231. The maximum Gasteiger partial charge on any atom is 0.319 e. The second-order valence-electron chi connectivity index (χ2n) is 4.18. The molecule has 1 aliphatic rings. The van der Waals surface area contributed by atoms with Crippen LogP contribution in [-0.4, -0.2) is 11.8 Å². The average Bonchev–Trinajstić information content (AvgIpc) is 2.27. The van der Waals surface area contributed by atoms with E-state index in [4.69, 9.17) is 11.6 Å². The van der Waals surface area contributed by atoms with Crippen LogP contribution in [-0.2, 0) is 4.79 Å². The van der Waals surface area contributed by atoms with Gasteiger partial charge >= 0.3 is 6.03 Å². The number of hydrogen-bond acceptors (Lipinski definition) is 2. The summed E-state index contributed by atoms with van der Waals surface area (Å²) in [7, 11) is 0. The van der Waals surface area contributed by atoms with Gasteiger partial charge in [-0.2, -0.15) is 0 Å². The summed E-state index contributed by atoms with van der Waals surface area (Å²) in [5.74, 6) is -0.0787. The van der Waals surface area contributed by atoms with Crippen molar-refractivity contribution in [3.8, 4) is 0 Å². The minimum absolute atomic E-state index is 0.0787. The van der Waals surface area contributed by atoms with E-state index in [-0.39, 0.29) is 11.8 Å². The van der Waals surface area contributed by atoms with Crippen LogP contribution in [0.1, 0.15) is 25.5 Å². The van der Waals surface area contributed by atoms with Crippen molar-refractivity contribution < 1.29 is 9.59 Å². The van der Waals surface area contributed by atoms with E-state index in [1.807, 2.05) is 6.07 Å². The van der Waals surface area contributed by atoms with E-state index in [9.17, 15) is 9.59 Å². The predicted octanol–water partition coefficient (Wildman–Crippen LogP) is 2.56. The van der Waals surface area contributed by atoms with Crippen LogP contribution in [0.4, 0.5) is 4.79 Å². The van der Waals surface area contributed by atoms with Crippen LogP contribution in [0.15, 0.2) is 35.5 Å². The number of rotatable bonds is 2. The third kappa shape index (κ3) is 2.38. The Morgan fingerprint density at radius 2 is 2.11 bits per heavy atom. The first-order valence-electron chi connectivity index (χ1n) is 5.53. The Bertz CT molecular complexity index is 552. The standard InChI is InChI=1S/C13H13ClN2O2/c1-7-11(8(2)17)12(16-13(18)15-7)9-4-3-5-10(14)6-9/h3-6,12H,1-2H3,(H2,15,16,18)/t12-/m1/s1. The van der Waals surface area contributed by atoms with Crippen molar-refractivity contribution in [2.75, 3.05) is 0 Å². The number of Topliss-reactive ketones (excluding diaryl/α,β-unsaturated/α-hetero) is 1. The fourth-order valence-electron chi connectivity index (χ4n) is 2.10. The largest absolute Gasteiger partial charge is 0.327 e. The number of halogens is 1. The maximum absolute atomic E-state index is 11.7. The van der Waals surface area contributed by atoms with Gasteiger partial charge in [-0.25, -0.2) is 4.79 Å². The molecule has 18 heavy (non-hydrogen) atoms. The van der Waals surface area contributed by atoms with Gasteiger partial charge in [0.25, 0.3) is 0 Å². The number of carbonyl (C=O) groups is 2. The minimum Gasteiger partial charge on any atom is -0.327 e. The number of amides is 2. The molecule has 1 aliphatic heterocycles. The van der Waals surface area contributed by atoms with Crippen LogP contribution in [0, 0.1) is 0 Å². The number of benzene rings is 1. The Labute approximate surface area is 110 Å². The number of ketones is 1. The summed E-state index contributed by atoms with van der Waals surface area (Å²) >= 11 is 5.93. The van der Waals surface area contributed by atoms with E-state index >= 15 is 0 Å². The summed E-state index contributed by atoms with van der Waals surface area (Å²) in [5.41, 5.74) is 1.93. The molecule has 0 spiro atoms. The highest BCUT2D eigenvalue weighted by atomic mass is 35.5. The molecule has 0 aromatic heterocycles. The van der Waals surface area contributed by atoms with Gasteiger partial charge in [0.1, 0.15) is 0 Å². The first-order chi connectivity index (χ1) is 8.49. The van der Waals surface area contributed by atoms with Crippen LogP contribution < -0.4 is 10.6 Å². The summed E-state index contributed by atoms with van der Waals surface area (Å²) in [6.07, 6.45) is 0. The molecule has 1 heterocycles. The molecule has 0 saturated heterocycles. The van der Waals surface area contributed by atoms with E-state index in [1.54, 1.807) is 25.1 Å². The van der Waals surface area contributed by atoms with Crippen molar-refractivity contribution in [3.63, 3.8) is 0 Å². The third-order valence-electron chi connectivity index (χ3n) is 2.83. The van der Waals surface area contributed by atoms with Gasteiger partial charge in [0.2, 0.25) is 0 Å². The quantitative estimate of drug-likeness (QED) is 0.862. The lowest BCUT2D eigenvalue weighted by Crippen LogP contribution is -2.44. The number of urea groups is 1. The molecule has 0 radical (unpaired) electrons. The number of nitrogens with one attached hydrogen (secondary N) is 2. The van der Waals surface area contributed by atoms with Crippen LogP contribution >= 0.6 is 11.6 Å². The minimum atomic E-state index is -0.449. The van der Waals surface area contributed by atoms with Gasteiger partial charge in [-0.1, -0.05) is 23.7 Å². The van der Waals surface area contributed by atoms with E-state index in [2.05, 4.69) is 10.6 Å². The molecular formula is C13H13ClN2O2. The summed E-state index contributed by atoms with van der Waals surface area (Å²) in [6, 6.07) is 6.35. The zero-order valence-electron chi connectivity index (χ0n) is 10.1. The molecular weight excluding hydrogens is 252 g/mol. The molecule has 2 N–H and O–H groups in total. The third-order valence-corrected chi connectivity index (χ3v) is 3.07. The highest BCUT2D eigenvalue weighted by molar-refractivity contribution is 6.30. The highest BCUT2D eigenvalue weighted by Crippen LogP contribution is 2.28. The van der Waals surface area contributed by atoms with E-state index < -0.39 is 6.04 Å². The van der Waals surface area contributed by atoms with Crippen molar-refractivity contribution in [1.29, 1.82) is 0 Å². The molecule has 4 nitrogen and oxygen atoms in total. The second-order valence-corrected chi connectivity index (χ2v) is 4.62. The molecule has 1 aromatic rings. The number of hydrogen-bond donors (Lipinski definition) is 2. The van der Waals surface area contributed by atoms with Crippen LogP contribution in [0.5, 0.6) is 0 Å². The molecule has 94 valence electrons. The summed E-state index contributed by atoms with van der Waals surface area (Å²) in [4.78, 5) is 23.2. The Balaban J connectivity index is 2.50. The molecule has 0 saturated carbocycles. The van der Waals surface area contributed by atoms with Gasteiger partial charge in [0.15, 0.2) is 5.78 Å². The van der Waals surface area contributed by atoms with E-state index in [0.29, 0.717) is 16.3 Å². The van der Waals surface area contributed by atoms with Gasteiger partial charge in [-0.05, 0) is 31.5 Å². The zero-order valence-corrected chi connectivity index (χ0v) is 10.8. The van der Waals surface area contributed by atoms with Gasteiger partial charge in [0, 0.05) is 16.3 Å². The van der Waals surface area contributed by atoms with Crippen molar-refractivity contribution >= 4 is 23.4 Å². The van der Waals surface area contributed by atoms with Crippen LogP contribution in [0.25, 0.3) is 0 Å². The van der Waals surface area contributed by atoms with Crippen LogP contribution in [0.3, 0.4) is 0 Å². The SMILES string of the molecule is CC(=O)C1=C(C)NC(=O)N[C@@H]1c1cccc(Cl)c1. The smallest absolute Gasteiger partial charge is 0.319 e. The topological polar surface area (TPSA) is 58.2 Å². The molecule has 0 fully saturated rings. The molecule has 1 aromatic carbocycles. The molecule has 2 amide bonds. The van der Waals surface area contributed by atoms with Crippen LogP contribution in [0.2, 0.25) is 5.02 Å². The number of carbonyl (C=O) groups excluding carboxylic acids is 2.